The molecule has 0 unspecified atom stereocenters. The van der Waals surface area contributed by atoms with Crippen LogP contribution in [0.25, 0.3) is 0 Å². The Morgan fingerprint density at radius 2 is 2.11 bits per heavy atom. The number of ether oxygens (including phenoxy) is 1. The molecule has 18 heavy (non-hydrogen) atoms. The normalized spacial score (nSPS) is 20.4. The number of rotatable bonds is 2. The van der Waals surface area contributed by atoms with Crippen LogP contribution in [0.15, 0.2) is 0 Å². The maximum atomic E-state index is 11.9. The Bertz CT molecular complexity index is 312. The van der Waals surface area contributed by atoms with Crippen LogP contribution in [0.5, 0.6) is 0 Å². The van der Waals surface area contributed by atoms with Crippen LogP contribution in [0.2, 0.25) is 0 Å². The molecule has 0 bridgehead atoms. The third-order valence-corrected chi connectivity index (χ3v) is 2.71. The zero-order chi connectivity index (χ0) is 13.8. The van der Waals surface area contributed by atoms with Gasteiger partial charge in [0.25, 0.3) is 0 Å². The van der Waals surface area contributed by atoms with Crippen molar-refractivity contribution in [2.45, 2.75) is 39.2 Å². The second-order valence-corrected chi connectivity index (χ2v) is 5.62. The second-order valence-electron chi connectivity index (χ2n) is 5.62. The van der Waals surface area contributed by atoms with Crippen molar-refractivity contribution in [1.82, 2.24) is 10.2 Å². The molecule has 0 aromatic heterocycles. The molecule has 0 spiro atoms. The van der Waals surface area contributed by atoms with Gasteiger partial charge in [-0.05, 0) is 39.5 Å². The summed E-state index contributed by atoms with van der Waals surface area (Å²) in [7, 11) is 0. The largest absolute Gasteiger partial charge is 0.465 e. The molecule has 2 amide bonds. The van der Waals surface area contributed by atoms with Gasteiger partial charge in [0.1, 0.15) is 5.60 Å². The van der Waals surface area contributed by atoms with Crippen molar-refractivity contribution >= 4 is 12.2 Å². The molecule has 0 radical (unpaired) electrons. The fourth-order valence-electron chi connectivity index (χ4n) is 1.96. The number of hydrogen-bond donors (Lipinski definition) is 2. The van der Waals surface area contributed by atoms with Gasteiger partial charge in [0.15, 0.2) is 0 Å². The molecule has 6 heteroatoms. The molecule has 1 aliphatic heterocycles. The molecular formula is C12H22N2O4. The smallest absolute Gasteiger partial charge is 0.410 e. The van der Waals surface area contributed by atoms with E-state index in [1.54, 1.807) is 4.90 Å². The lowest BCUT2D eigenvalue weighted by atomic mass is 9.98. The zero-order valence-corrected chi connectivity index (χ0v) is 11.2. The molecule has 0 saturated carbocycles. The predicted molar refractivity (Wildman–Crippen MR) is 66.6 cm³/mol. The van der Waals surface area contributed by atoms with Crippen molar-refractivity contribution in [3.05, 3.63) is 0 Å². The number of nitrogens with zero attached hydrogens (tertiary/aromatic N) is 1. The Morgan fingerprint density at radius 1 is 1.44 bits per heavy atom. The second kappa shape index (κ2) is 5.93. The highest BCUT2D eigenvalue weighted by Crippen LogP contribution is 2.18. The Hall–Kier alpha value is -1.46. The topological polar surface area (TPSA) is 78.9 Å². The maximum absolute atomic E-state index is 11.9. The molecule has 0 aromatic carbocycles. The summed E-state index contributed by atoms with van der Waals surface area (Å²) in [6.45, 7) is 7.11. The molecular weight excluding hydrogens is 236 g/mol. The molecule has 0 aliphatic carbocycles. The number of amides is 2. The third-order valence-electron chi connectivity index (χ3n) is 2.71. The van der Waals surface area contributed by atoms with E-state index in [-0.39, 0.29) is 12.0 Å². The SMILES string of the molecule is CC(C)(C)OC(=O)N1CCC[C@@H](CNC(=O)O)C1. The Kier molecular flexibility index (Phi) is 4.81. The highest BCUT2D eigenvalue weighted by Gasteiger charge is 2.27. The summed E-state index contributed by atoms with van der Waals surface area (Å²) in [6, 6.07) is 0. The van der Waals surface area contributed by atoms with Crippen LogP contribution in [0, 0.1) is 5.92 Å². The highest BCUT2D eigenvalue weighted by atomic mass is 16.6. The average molecular weight is 258 g/mol. The van der Waals surface area contributed by atoms with E-state index in [0.29, 0.717) is 19.6 Å². The van der Waals surface area contributed by atoms with Gasteiger partial charge in [0.2, 0.25) is 0 Å². The number of carboxylic acid groups (broad SMARTS) is 1. The van der Waals surface area contributed by atoms with Gasteiger partial charge < -0.3 is 20.1 Å². The first-order valence-corrected chi connectivity index (χ1v) is 6.22. The minimum absolute atomic E-state index is 0.169. The summed E-state index contributed by atoms with van der Waals surface area (Å²) >= 11 is 0. The summed E-state index contributed by atoms with van der Waals surface area (Å²) < 4.78 is 5.30. The number of piperidine rings is 1. The first kappa shape index (κ1) is 14.6. The molecule has 2 N–H and O–H groups in total. The van der Waals surface area contributed by atoms with Gasteiger partial charge in [-0.2, -0.15) is 0 Å². The van der Waals surface area contributed by atoms with E-state index in [0.717, 1.165) is 12.8 Å². The average Bonchev–Trinajstić information content (AvgIpc) is 2.24. The summed E-state index contributed by atoms with van der Waals surface area (Å²) in [5.41, 5.74) is -0.497. The molecule has 1 aliphatic rings. The summed E-state index contributed by atoms with van der Waals surface area (Å²) in [5.74, 6) is 0.169. The van der Waals surface area contributed by atoms with Gasteiger partial charge in [-0.15, -0.1) is 0 Å². The van der Waals surface area contributed by atoms with E-state index in [1.807, 2.05) is 20.8 Å². The Balaban J connectivity index is 2.43. The number of carbonyl (C=O) groups excluding carboxylic acids is 1. The van der Waals surface area contributed by atoms with Crippen molar-refractivity contribution in [3.8, 4) is 0 Å². The fourth-order valence-corrected chi connectivity index (χ4v) is 1.96. The molecule has 0 aromatic rings. The van der Waals surface area contributed by atoms with Crippen molar-refractivity contribution in [3.63, 3.8) is 0 Å². The summed E-state index contributed by atoms with van der Waals surface area (Å²) in [5, 5.41) is 10.9. The van der Waals surface area contributed by atoms with Crippen LogP contribution in [0.4, 0.5) is 9.59 Å². The highest BCUT2D eigenvalue weighted by molar-refractivity contribution is 5.68. The lowest BCUT2D eigenvalue weighted by Gasteiger charge is -2.34. The molecule has 6 nitrogen and oxygen atoms in total. The van der Waals surface area contributed by atoms with Crippen LogP contribution < -0.4 is 5.32 Å². The van der Waals surface area contributed by atoms with Gasteiger partial charge >= 0.3 is 12.2 Å². The van der Waals surface area contributed by atoms with E-state index >= 15 is 0 Å². The lowest BCUT2D eigenvalue weighted by Crippen LogP contribution is -2.45. The molecule has 1 atom stereocenters. The van der Waals surface area contributed by atoms with Gasteiger partial charge in [0.05, 0.1) is 0 Å². The van der Waals surface area contributed by atoms with E-state index in [4.69, 9.17) is 9.84 Å². The minimum atomic E-state index is -1.02. The third kappa shape index (κ3) is 5.25. The summed E-state index contributed by atoms with van der Waals surface area (Å²) in [4.78, 5) is 23.9. The standard InChI is InChI=1S/C12H22N2O4/c1-12(2,3)18-11(17)14-6-4-5-9(8-14)7-13-10(15)16/h9,13H,4-8H2,1-3H3,(H,15,16)/t9-/m0/s1. The van der Waals surface area contributed by atoms with Crippen LogP contribution in [-0.4, -0.2) is 47.4 Å². The van der Waals surface area contributed by atoms with E-state index in [2.05, 4.69) is 5.32 Å². The van der Waals surface area contributed by atoms with Gasteiger partial charge in [-0.1, -0.05) is 0 Å². The van der Waals surface area contributed by atoms with Crippen LogP contribution >= 0.6 is 0 Å². The molecule has 1 saturated heterocycles. The molecule has 1 heterocycles. The van der Waals surface area contributed by atoms with E-state index in [1.165, 1.54) is 0 Å². The van der Waals surface area contributed by atoms with Crippen LogP contribution in [-0.2, 0) is 4.74 Å². The molecule has 104 valence electrons. The van der Waals surface area contributed by atoms with Crippen molar-refractivity contribution in [2.75, 3.05) is 19.6 Å². The maximum Gasteiger partial charge on any atom is 0.410 e. The summed E-state index contributed by atoms with van der Waals surface area (Å²) in [6.07, 6.45) is 0.469. The predicted octanol–water partition coefficient (Wildman–Crippen LogP) is 1.90. The van der Waals surface area contributed by atoms with E-state index < -0.39 is 11.7 Å². The lowest BCUT2D eigenvalue weighted by molar-refractivity contribution is 0.0167. The Labute approximate surface area is 107 Å². The minimum Gasteiger partial charge on any atom is -0.465 e. The van der Waals surface area contributed by atoms with Crippen molar-refractivity contribution in [1.29, 1.82) is 0 Å². The quantitative estimate of drug-likeness (QED) is 0.793. The zero-order valence-electron chi connectivity index (χ0n) is 11.2. The first-order chi connectivity index (χ1) is 8.28. The van der Waals surface area contributed by atoms with Crippen LogP contribution in [0.1, 0.15) is 33.6 Å². The van der Waals surface area contributed by atoms with Gasteiger partial charge in [0, 0.05) is 19.6 Å². The van der Waals surface area contributed by atoms with Crippen molar-refractivity contribution < 1.29 is 19.4 Å². The molecule has 1 fully saturated rings. The number of carbonyl (C=O) groups is 2. The fraction of sp³-hybridized carbons (Fsp3) is 0.833. The molecule has 1 rings (SSSR count). The first-order valence-electron chi connectivity index (χ1n) is 6.22. The Morgan fingerprint density at radius 3 is 2.67 bits per heavy atom. The van der Waals surface area contributed by atoms with E-state index in [9.17, 15) is 9.59 Å². The number of likely N-dealkylation sites (tertiary alicyclic amines) is 1. The van der Waals surface area contributed by atoms with Crippen LogP contribution in [0.3, 0.4) is 0 Å². The number of nitrogens with one attached hydrogen (secondary N) is 1. The monoisotopic (exact) mass is 258 g/mol. The number of hydrogen-bond acceptors (Lipinski definition) is 3. The van der Waals surface area contributed by atoms with Gasteiger partial charge in [-0.3, -0.25) is 0 Å². The van der Waals surface area contributed by atoms with Crippen molar-refractivity contribution in [2.24, 2.45) is 5.92 Å². The van der Waals surface area contributed by atoms with Gasteiger partial charge in [-0.25, -0.2) is 9.59 Å².